The maximum atomic E-state index is 13.9. The second-order valence-corrected chi connectivity index (χ2v) is 4.47. The molecule has 1 aromatic heterocycles. The normalized spacial score (nSPS) is 11.8. The quantitative estimate of drug-likeness (QED) is 0.670. The van der Waals surface area contributed by atoms with Crippen LogP contribution in [0.5, 0.6) is 5.75 Å². The summed E-state index contributed by atoms with van der Waals surface area (Å²) in [6.07, 6.45) is -3.16. The summed E-state index contributed by atoms with van der Waals surface area (Å²) in [6.45, 7) is 0. The molecule has 108 valence electrons. The van der Waals surface area contributed by atoms with Crippen molar-refractivity contribution in [3.8, 4) is 16.9 Å². The number of H-pyrrole nitrogens is 1. The standard InChI is InChI=1S/C15H9F4NO/c16-13-7-10(8-14-12(13)4-5-20-14)9-2-1-3-11(6-9)21-15(17,18)19/h1-8,20H. The summed E-state index contributed by atoms with van der Waals surface area (Å²) >= 11 is 0. The molecular weight excluding hydrogens is 286 g/mol. The number of rotatable bonds is 2. The molecule has 3 aromatic rings. The maximum absolute atomic E-state index is 13.9. The van der Waals surface area contributed by atoms with Gasteiger partial charge >= 0.3 is 6.36 Å². The number of benzene rings is 2. The van der Waals surface area contributed by atoms with Crippen molar-refractivity contribution in [3.05, 3.63) is 54.5 Å². The number of ether oxygens (including phenoxy) is 1. The van der Waals surface area contributed by atoms with Crippen molar-refractivity contribution >= 4 is 10.9 Å². The fourth-order valence-electron chi connectivity index (χ4n) is 2.16. The molecule has 0 atom stereocenters. The van der Waals surface area contributed by atoms with Gasteiger partial charge in [-0.05, 0) is 41.5 Å². The van der Waals surface area contributed by atoms with Crippen LogP contribution in [0, 0.1) is 5.82 Å². The molecule has 0 saturated carbocycles. The molecule has 3 rings (SSSR count). The van der Waals surface area contributed by atoms with E-state index < -0.39 is 12.2 Å². The summed E-state index contributed by atoms with van der Waals surface area (Å²) in [7, 11) is 0. The molecule has 0 bridgehead atoms. The number of aromatic nitrogens is 1. The van der Waals surface area contributed by atoms with Crippen LogP contribution >= 0.6 is 0 Å². The number of halogens is 4. The van der Waals surface area contributed by atoms with Crippen LogP contribution in [-0.4, -0.2) is 11.3 Å². The highest BCUT2D eigenvalue weighted by Crippen LogP contribution is 2.30. The minimum Gasteiger partial charge on any atom is -0.406 e. The lowest BCUT2D eigenvalue weighted by atomic mass is 10.0. The molecule has 2 nitrogen and oxygen atoms in total. The van der Waals surface area contributed by atoms with Crippen LogP contribution in [0.4, 0.5) is 17.6 Å². The molecule has 0 fully saturated rings. The van der Waals surface area contributed by atoms with E-state index in [4.69, 9.17) is 0 Å². The predicted octanol–water partition coefficient (Wildman–Crippen LogP) is 4.87. The summed E-state index contributed by atoms with van der Waals surface area (Å²) < 4.78 is 54.4. The van der Waals surface area contributed by atoms with E-state index >= 15 is 0 Å². The first-order valence-electron chi connectivity index (χ1n) is 6.05. The summed E-state index contributed by atoms with van der Waals surface area (Å²) in [5.41, 5.74) is 1.48. The Kier molecular flexibility index (Phi) is 3.08. The molecular formula is C15H9F4NO. The fraction of sp³-hybridized carbons (Fsp3) is 0.0667. The molecule has 2 aromatic carbocycles. The van der Waals surface area contributed by atoms with Crippen molar-refractivity contribution in [2.75, 3.05) is 0 Å². The smallest absolute Gasteiger partial charge is 0.406 e. The first kappa shape index (κ1) is 13.5. The van der Waals surface area contributed by atoms with Crippen LogP contribution in [-0.2, 0) is 0 Å². The average molecular weight is 295 g/mol. The fourth-order valence-corrected chi connectivity index (χ4v) is 2.16. The van der Waals surface area contributed by atoms with Gasteiger partial charge in [-0.15, -0.1) is 13.2 Å². The van der Waals surface area contributed by atoms with Crippen molar-refractivity contribution < 1.29 is 22.3 Å². The van der Waals surface area contributed by atoms with Gasteiger partial charge in [0.2, 0.25) is 0 Å². The second kappa shape index (κ2) is 4.80. The van der Waals surface area contributed by atoms with Gasteiger partial charge in [0.1, 0.15) is 11.6 Å². The Morgan fingerprint density at radius 1 is 0.952 bits per heavy atom. The predicted molar refractivity (Wildman–Crippen MR) is 70.4 cm³/mol. The first-order valence-corrected chi connectivity index (χ1v) is 6.05. The number of hydrogen-bond acceptors (Lipinski definition) is 1. The molecule has 6 heteroatoms. The molecule has 0 amide bonds. The van der Waals surface area contributed by atoms with Crippen molar-refractivity contribution in [2.45, 2.75) is 6.36 Å². The van der Waals surface area contributed by atoms with Crippen LogP contribution in [0.15, 0.2) is 48.7 Å². The van der Waals surface area contributed by atoms with E-state index in [2.05, 4.69) is 9.72 Å². The van der Waals surface area contributed by atoms with Crippen molar-refractivity contribution in [1.82, 2.24) is 4.98 Å². The number of alkyl halides is 3. The van der Waals surface area contributed by atoms with Crippen molar-refractivity contribution in [2.24, 2.45) is 0 Å². The molecule has 0 aliphatic rings. The van der Waals surface area contributed by atoms with Crippen LogP contribution in [0.25, 0.3) is 22.0 Å². The molecule has 0 unspecified atom stereocenters. The second-order valence-electron chi connectivity index (χ2n) is 4.47. The Hall–Kier alpha value is -2.50. The molecule has 1 N–H and O–H groups in total. The molecule has 0 aliphatic carbocycles. The van der Waals surface area contributed by atoms with E-state index in [1.807, 2.05) is 0 Å². The van der Waals surface area contributed by atoms with Crippen LogP contribution in [0.1, 0.15) is 0 Å². The van der Waals surface area contributed by atoms with Crippen molar-refractivity contribution in [3.63, 3.8) is 0 Å². The van der Waals surface area contributed by atoms with Crippen molar-refractivity contribution in [1.29, 1.82) is 0 Å². The lowest BCUT2D eigenvalue weighted by Crippen LogP contribution is -2.17. The number of aromatic amines is 1. The van der Waals surface area contributed by atoms with E-state index in [1.165, 1.54) is 24.3 Å². The van der Waals surface area contributed by atoms with Gasteiger partial charge in [0.05, 0.1) is 0 Å². The number of hydrogen-bond donors (Lipinski definition) is 1. The van der Waals surface area contributed by atoms with Gasteiger partial charge in [-0.2, -0.15) is 0 Å². The topological polar surface area (TPSA) is 25.0 Å². The Labute approximate surface area is 117 Å². The van der Waals surface area contributed by atoms with Gasteiger partial charge in [0, 0.05) is 17.1 Å². The summed E-state index contributed by atoms with van der Waals surface area (Å²) in [6, 6.07) is 9.98. The largest absolute Gasteiger partial charge is 0.573 e. The molecule has 0 radical (unpaired) electrons. The molecule has 0 aliphatic heterocycles. The summed E-state index contributed by atoms with van der Waals surface area (Å²) in [5, 5.41) is 0.432. The third-order valence-corrected chi connectivity index (χ3v) is 3.02. The lowest BCUT2D eigenvalue weighted by molar-refractivity contribution is -0.274. The van der Waals surface area contributed by atoms with E-state index in [0.717, 1.165) is 0 Å². The zero-order valence-electron chi connectivity index (χ0n) is 10.5. The van der Waals surface area contributed by atoms with Crippen LogP contribution in [0.3, 0.4) is 0 Å². The molecule has 1 heterocycles. The highest BCUT2D eigenvalue weighted by atomic mass is 19.4. The van der Waals surface area contributed by atoms with Crippen LogP contribution in [0.2, 0.25) is 0 Å². The van der Waals surface area contributed by atoms with E-state index in [-0.39, 0.29) is 5.75 Å². The average Bonchev–Trinajstić information content (AvgIpc) is 2.86. The minimum absolute atomic E-state index is 0.341. The highest BCUT2D eigenvalue weighted by molar-refractivity contribution is 5.85. The zero-order valence-corrected chi connectivity index (χ0v) is 10.5. The first-order chi connectivity index (χ1) is 9.92. The molecule has 0 spiro atoms. The Morgan fingerprint density at radius 3 is 2.52 bits per heavy atom. The Morgan fingerprint density at radius 2 is 1.76 bits per heavy atom. The van der Waals surface area contributed by atoms with Gasteiger partial charge in [0.25, 0.3) is 0 Å². The lowest BCUT2D eigenvalue weighted by Gasteiger charge is -2.10. The maximum Gasteiger partial charge on any atom is 0.573 e. The van der Waals surface area contributed by atoms with E-state index in [1.54, 1.807) is 24.4 Å². The Bertz CT molecular complexity index is 792. The van der Waals surface area contributed by atoms with Gasteiger partial charge < -0.3 is 9.72 Å². The van der Waals surface area contributed by atoms with Gasteiger partial charge in [-0.25, -0.2) is 4.39 Å². The summed E-state index contributed by atoms with van der Waals surface area (Å²) in [5.74, 6) is -0.780. The third-order valence-electron chi connectivity index (χ3n) is 3.02. The monoisotopic (exact) mass is 295 g/mol. The molecule has 21 heavy (non-hydrogen) atoms. The Balaban J connectivity index is 2.04. The SMILES string of the molecule is Fc1cc(-c2cccc(OC(F)(F)F)c2)cc2[nH]ccc12. The van der Waals surface area contributed by atoms with Crippen LogP contribution < -0.4 is 4.74 Å². The zero-order chi connectivity index (χ0) is 15.0. The van der Waals surface area contributed by atoms with E-state index in [0.29, 0.717) is 22.0 Å². The highest BCUT2D eigenvalue weighted by Gasteiger charge is 2.31. The number of fused-ring (bicyclic) bond motifs is 1. The number of nitrogens with one attached hydrogen (secondary N) is 1. The van der Waals surface area contributed by atoms with E-state index in [9.17, 15) is 17.6 Å². The summed E-state index contributed by atoms with van der Waals surface area (Å²) in [4.78, 5) is 2.87. The van der Waals surface area contributed by atoms with Gasteiger partial charge in [0.15, 0.2) is 0 Å². The van der Waals surface area contributed by atoms with Gasteiger partial charge in [-0.3, -0.25) is 0 Å². The van der Waals surface area contributed by atoms with Gasteiger partial charge in [-0.1, -0.05) is 12.1 Å². The molecule has 0 saturated heterocycles. The minimum atomic E-state index is -4.76. The third kappa shape index (κ3) is 2.84.